The van der Waals surface area contributed by atoms with Crippen molar-refractivity contribution in [3.8, 4) is 16.9 Å². The summed E-state index contributed by atoms with van der Waals surface area (Å²) in [6, 6.07) is 10.8. The predicted molar refractivity (Wildman–Crippen MR) is 131 cm³/mol. The average molecular weight is 497 g/mol. The van der Waals surface area contributed by atoms with Crippen molar-refractivity contribution in [3.63, 3.8) is 0 Å². The van der Waals surface area contributed by atoms with E-state index in [1.54, 1.807) is 31.2 Å². The largest absolute Gasteiger partial charge is 0.467 e. The van der Waals surface area contributed by atoms with E-state index in [0.29, 0.717) is 38.7 Å². The molecule has 0 N–H and O–H groups in total. The van der Waals surface area contributed by atoms with Gasteiger partial charge in [0.05, 0.1) is 37.0 Å². The van der Waals surface area contributed by atoms with Crippen LogP contribution in [0.2, 0.25) is 5.02 Å². The van der Waals surface area contributed by atoms with Crippen molar-refractivity contribution < 1.29 is 19.0 Å². The van der Waals surface area contributed by atoms with Crippen LogP contribution < -0.4 is 10.3 Å². The van der Waals surface area contributed by atoms with Crippen molar-refractivity contribution in [3.05, 3.63) is 79.7 Å². The summed E-state index contributed by atoms with van der Waals surface area (Å²) < 4.78 is 17.8. The number of aryl methyl sites for hydroxylation is 1. The quantitative estimate of drug-likeness (QED) is 0.354. The van der Waals surface area contributed by atoms with Crippen LogP contribution in [-0.2, 0) is 22.6 Å². The Morgan fingerprint density at radius 1 is 1.26 bits per heavy atom. The number of halogens is 1. The number of nitrogens with zero attached hydrogens (tertiary/aromatic N) is 2. The number of aromatic nitrogens is 2. The molecule has 0 saturated carbocycles. The maximum atomic E-state index is 13.6. The van der Waals surface area contributed by atoms with Crippen LogP contribution in [-0.4, -0.2) is 28.9 Å². The van der Waals surface area contributed by atoms with E-state index < -0.39 is 5.97 Å². The molecule has 0 aliphatic carbocycles. The standard InChI is InChI=1S/C25H21ClN2O5S/c1-3-32-25(30)16-8-17(22-18(9-16)11-31-13-33-22)10-28-12-27-23-21(24(28)29)20(14(2)34-23)15-4-6-19(26)7-5-15/h4-9,12H,3,10-11,13H2,1-2H3. The van der Waals surface area contributed by atoms with Gasteiger partial charge in [-0.3, -0.25) is 9.36 Å². The fraction of sp³-hybridized carbons (Fsp3) is 0.240. The lowest BCUT2D eigenvalue weighted by molar-refractivity contribution is -0.0171. The SMILES string of the molecule is CCOC(=O)c1cc2c(c(Cn3cnc4sc(C)c(-c5ccc(Cl)cc5)c4c3=O)c1)OCOC2. The number of fused-ring (bicyclic) bond motifs is 2. The summed E-state index contributed by atoms with van der Waals surface area (Å²) in [5, 5.41) is 1.19. The molecule has 174 valence electrons. The van der Waals surface area contributed by atoms with Crippen LogP contribution in [0.3, 0.4) is 0 Å². The highest BCUT2D eigenvalue weighted by Crippen LogP contribution is 2.36. The fourth-order valence-corrected chi connectivity index (χ4v) is 5.28. The maximum absolute atomic E-state index is 13.6. The molecule has 3 heterocycles. The number of hydrogen-bond acceptors (Lipinski definition) is 7. The van der Waals surface area contributed by atoms with E-state index >= 15 is 0 Å². The molecule has 0 radical (unpaired) electrons. The van der Waals surface area contributed by atoms with Gasteiger partial charge in [0, 0.05) is 26.6 Å². The molecule has 9 heteroatoms. The topological polar surface area (TPSA) is 79.7 Å². The lowest BCUT2D eigenvalue weighted by atomic mass is 10.0. The Labute approximate surface area is 204 Å². The lowest BCUT2D eigenvalue weighted by Gasteiger charge is -2.22. The summed E-state index contributed by atoms with van der Waals surface area (Å²) in [6.45, 7) is 4.61. The number of carbonyl (C=O) groups excluding carboxylic acids is 1. The molecule has 4 aromatic rings. The van der Waals surface area contributed by atoms with Gasteiger partial charge in [0.2, 0.25) is 0 Å². The molecule has 0 atom stereocenters. The molecule has 0 unspecified atom stereocenters. The first-order chi connectivity index (χ1) is 16.5. The van der Waals surface area contributed by atoms with Gasteiger partial charge in [-0.05, 0) is 43.7 Å². The highest BCUT2D eigenvalue weighted by molar-refractivity contribution is 7.19. The Morgan fingerprint density at radius 2 is 2.06 bits per heavy atom. The number of rotatable bonds is 5. The number of carbonyl (C=O) groups is 1. The molecule has 34 heavy (non-hydrogen) atoms. The summed E-state index contributed by atoms with van der Waals surface area (Å²) in [4.78, 5) is 32.3. The second-order valence-corrected chi connectivity index (χ2v) is 9.49. The average Bonchev–Trinajstić information content (AvgIpc) is 3.18. The molecule has 5 rings (SSSR count). The molecular weight excluding hydrogens is 476 g/mol. The van der Waals surface area contributed by atoms with E-state index in [1.807, 2.05) is 19.1 Å². The minimum Gasteiger partial charge on any atom is -0.467 e. The second-order valence-electron chi connectivity index (χ2n) is 7.85. The summed E-state index contributed by atoms with van der Waals surface area (Å²) in [5.74, 6) is 0.183. The predicted octanol–water partition coefficient (Wildman–Crippen LogP) is 5.18. The fourth-order valence-electron chi connectivity index (χ4n) is 4.15. The molecule has 2 aromatic carbocycles. The molecular formula is C25H21ClN2O5S. The second kappa shape index (κ2) is 9.21. The van der Waals surface area contributed by atoms with Crippen molar-refractivity contribution in [2.24, 2.45) is 0 Å². The zero-order valence-corrected chi connectivity index (χ0v) is 20.2. The van der Waals surface area contributed by atoms with Gasteiger partial charge in [-0.25, -0.2) is 9.78 Å². The van der Waals surface area contributed by atoms with E-state index in [-0.39, 0.29) is 25.5 Å². The van der Waals surface area contributed by atoms with Crippen LogP contribution in [0.15, 0.2) is 47.5 Å². The van der Waals surface area contributed by atoms with Crippen molar-refractivity contribution in [2.45, 2.75) is 27.0 Å². The Morgan fingerprint density at radius 3 is 2.82 bits per heavy atom. The molecule has 0 amide bonds. The zero-order chi connectivity index (χ0) is 23.8. The monoisotopic (exact) mass is 496 g/mol. The zero-order valence-electron chi connectivity index (χ0n) is 18.6. The molecule has 7 nitrogen and oxygen atoms in total. The molecule has 0 fully saturated rings. The third-order valence-corrected chi connectivity index (χ3v) is 6.89. The minimum atomic E-state index is -0.434. The number of esters is 1. The van der Waals surface area contributed by atoms with Gasteiger partial charge in [0.15, 0.2) is 6.79 Å². The molecule has 0 spiro atoms. The van der Waals surface area contributed by atoms with Crippen molar-refractivity contribution in [2.75, 3.05) is 13.4 Å². The van der Waals surface area contributed by atoms with Crippen LogP contribution in [0.25, 0.3) is 21.3 Å². The number of ether oxygens (including phenoxy) is 3. The summed E-state index contributed by atoms with van der Waals surface area (Å²) in [7, 11) is 0. The smallest absolute Gasteiger partial charge is 0.338 e. The van der Waals surface area contributed by atoms with Crippen LogP contribution in [0.4, 0.5) is 0 Å². The highest BCUT2D eigenvalue weighted by Gasteiger charge is 2.22. The molecule has 1 aliphatic rings. The van der Waals surface area contributed by atoms with E-state index in [2.05, 4.69) is 4.98 Å². The molecule has 1 aliphatic heterocycles. The molecule has 2 aromatic heterocycles. The van der Waals surface area contributed by atoms with Gasteiger partial charge in [-0.2, -0.15) is 0 Å². The van der Waals surface area contributed by atoms with E-state index in [9.17, 15) is 9.59 Å². The normalized spacial score (nSPS) is 12.9. The van der Waals surface area contributed by atoms with Gasteiger partial charge in [0.1, 0.15) is 10.6 Å². The van der Waals surface area contributed by atoms with Gasteiger partial charge in [0.25, 0.3) is 5.56 Å². The first-order valence-electron chi connectivity index (χ1n) is 10.7. The van der Waals surface area contributed by atoms with Crippen molar-refractivity contribution in [1.29, 1.82) is 0 Å². The van der Waals surface area contributed by atoms with Crippen molar-refractivity contribution >= 4 is 39.1 Å². The van der Waals surface area contributed by atoms with Gasteiger partial charge in [-0.1, -0.05) is 23.7 Å². The lowest BCUT2D eigenvalue weighted by Crippen LogP contribution is -2.23. The third-order valence-electron chi connectivity index (χ3n) is 5.63. The Bertz CT molecular complexity index is 1460. The Balaban J connectivity index is 1.62. The first-order valence-corrected chi connectivity index (χ1v) is 11.9. The maximum Gasteiger partial charge on any atom is 0.338 e. The van der Waals surface area contributed by atoms with E-state index in [4.69, 9.17) is 25.8 Å². The number of hydrogen-bond donors (Lipinski definition) is 0. The van der Waals surface area contributed by atoms with E-state index in [0.717, 1.165) is 21.6 Å². The van der Waals surface area contributed by atoms with Crippen LogP contribution in [0.1, 0.15) is 33.3 Å². The van der Waals surface area contributed by atoms with Gasteiger partial charge >= 0.3 is 5.97 Å². The van der Waals surface area contributed by atoms with Crippen LogP contribution >= 0.6 is 22.9 Å². The number of benzene rings is 2. The first kappa shape index (κ1) is 22.6. The molecule has 0 bridgehead atoms. The van der Waals surface area contributed by atoms with E-state index in [1.165, 1.54) is 22.2 Å². The van der Waals surface area contributed by atoms with Crippen LogP contribution in [0.5, 0.6) is 5.75 Å². The third kappa shape index (κ3) is 4.09. The number of thiophene rings is 1. The molecule has 0 saturated heterocycles. The van der Waals surface area contributed by atoms with Crippen LogP contribution in [0, 0.1) is 6.92 Å². The summed E-state index contributed by atoms with van der Waals surface area (Å²) >= 11 is 7.54. The van der Waals surface area contributed by atoms with Gasteiger partial charge < -0.3 is 14.2 Å². The highest BCUT2D eigenvalue weighted by atomic mass is 35.5. The van der Waals surface area contributed by atoms with Gasteiger partial charge in [-0.15, -0.1) is 11.3 Å². The minimum absolute atomic E-state index is 0.107. The summed E-state index contributed by atoms with van der Waals surface area (Å²) in [5.41, 5.74) is 3.42. The van der Waals surface area contributed by atoms with Crippen molar-refractivity contribution in [1.82, 2.24) is 9.55 Å². The summed E-state index contributed by atoms with van der Waals surface area (Å²) in [6.07, 6.45) is 1.54. The Kier molecular flexibility index (Phi) is 6.12. The Hall–Kier alpha value is -3.20.